The molecule has 1 amide bonds. The van der Waals surface area contributed by atoms with Gasteiger partial charge in [-0.3, -0.25) is 4.79 Å². The number of anilines is 1. The van der Waals surface area contributed by atoms with E-state index in [1.165, 1.54) is 0 Å². The number of para-hydroxylation sites is 1. The van der Waals surface area contributed by atoms with Gasteiger partial charge >= 0.3 is 0 Å². The second-order valence-electron chi connectivity index (χ2n) is 4.64. The van der Waals surface area contributed by atoms with E-state index < -0.39 is 6.10 Å². The molecule has 0 aliphatic rings. The average molecular weight is 324 g/mol. The predicted octanol–water partition coefficient (Wildman–Crippen LogP) is 4.71. The summed E-state index contributed by atoms with van der Waals surface area (Å²) in [5.41, 5.74) is 1.60. The Hall–Kier alpha value is -1.71. The number of carbonyl (C=O) groups excluding carboxylic acids is 1. The number of nitrogens with one attached hydrogen (secondary N) is 1. The normalized spacial score (nSPS) is 11.8. The van der Waals surface area contributed by atoms with Crippen LogP contribution in [0.4, 0.5) is 5.69 Å². The molecule has 3 nitrogen and oxygen atoms in total. The van der Waals surface area contributed by atoms with Crippen LogP contribution in [0.15, 0.2) is 42.5 Å². The first-order valence-electron chi connectivity index (χ1n) is 6.45. The first-order valence-corrected chi connectivity index (χ1v) is 7.21. The highest BCUT2D eigenvalue weighted by atomic mass is 35.5. The summed E-state index contributed by atoms with van der Waals surface area (Å²) in [4.78, 5) is 12.2. The van der Waals surface area contributed by atoms with Crippen molar-refractivity contribution in [3.63, 3.8) is 0 Å². The maximum absolute atomic E-state index is 12.2. The van der Waals surface area contributed by atoms with Crippen molar-refractivity contribution in [2.75, 3.05) is 5.32 Å². The highest BCUT2D eigenvalue weighted by Crippen LogP contribution is 2.25. The molecule has 0 aliphatic carbocycles. The third-order valence-corrected chi connectivity index (χ3v) is 3.50. The molecule has 1 atom stereocenters. The van der Waals surface area contributed by atoms with Crippen LogP contribution < -0.4 is 10.1 Å². The minimum absolute atomic E-state index is 0.250. The fourth-order valence-corrected chi connectivity index (χ4v) is 2.19. The maximum atomic E-state index is 12.2. The molecule has 0 saturated carbocycles. The molecule has 0 aliphatic heterocycles. The monoisotopic (exact) mass is 323 g/mol. The van der Waals surface area contributed by atoms with Crippen LogP contribution in [-0.2, 0) is 4.79 Å². The van der Waals surface area contributed by atoms with Crippen LogP contribution in [0.1, 0.15) is 12.5 Å². The molecular weight excluding hydrogens is 309 g/mol. The van der Waals surface area contributed by atoms with Gasteiger partial charge in [-0.15, -0.1) is 0 Å². The third-order valence-electron chi connectivity index (χ3n) is 2.96. The van der Waals surface area contributed by atoms with E-state index in [9.17, 15) is 4.79 Å². The molecule has 2 aromatic carbocycles. The fourth-order valence-electron chi connectivity index (χ4n) is 1.79. The van der Waals surface area contributed by atoms with Gasteiger partial charge in [0, 0.05) is 10.7 Å². The SMILES string of the molecule is Cc1cc(Cl)ccc1NC(=O)C(C)Oc1ccccc1Cl. The van der Waals surface area contributed by atoms with Gasteiger partial charge in [-0.2, -0.15) is 0 Å². The van der Waals surface area contributed by atoms with Crippen molar-refractivity contribution in [2.24, 2.45) is 0 Å². The summed E-state index contributed by atoms with van der Waals surface area (Å²) in [5.74, 6) is 0.231. The number of hydrogen-bond acceptors (Lipinski definition) is 2. The Bertz CT molecular complexity index is 658. The second-order valence-corrected chi connectivity index (χ2v) is 5.48. The molecule has 0 spiro atoms. The Kier molecular flexibility index (Phi) is 5.10. The van der Waals surface area contributed by atoms with E-state index >= 15 is 0 Å². The zero-order valence-corrected chi connectivity index (χ0v) is 13.2. The molecular formula is C16H15Cl2NO2. The van der Waals surface area contributed by atoms with E-state index in [1.54, 1.807) is 49.4 Å². The molecule has 0 heterocycles. The number of hydrogen-bond donors (Lipinski definition) is 1. The number of carbonyl (C=O) groups is 1. The van der Waals surface area contributed by atoms with Crippen LogP contribution in [0.25, 0.3) is 0 Å². The molecule has 0 aromatic heterocycles. The highest BCUT2D eigenvalue weighted by Gasteiger charge is 2.16. The molecule has 1 unspecified atom stereocenters. The second kappa shape index (κ2) is 6.83. The molecule has 5 heteroatoms. The van der Waals surface area contributed by atoms with E-state index in [4.69, 9.17) is 27.9 Å². The molecule has 2 aromatic rings. The Labute approximate surface area is 133 Å². The standard InChI is InChI=1S/C16H15Cl2NO2/c1-10-9-12(17)7-8-14(10)19-16(20)11(2)21-15-6-4-3-5-13(15)18/h3-9,11H,1-2H3,(H,19,20). The van der Waals surface area contributed by atoms with E-state index in [2.05, 4.69) is 5.32 Å². The number of amides is 1. The number of halogens is 2. The van der Waals surface area contributed by atoms with Gasteiger partial charge in [-0.05, 0) is 49.7 Å². The summed E-state index contributed by atoms with van der Waals surface area (Å²) in [6.07, 6.45) is -0.667. The van der Waals surface area contributed by atoms with Crippen LogP contribution >= 0.6 is 23.2 Å². The van der Waals surface area contributed by atoms with Crippen LogP contribution in [0.2, 0.25) is 10.0 Å². The molecule has 1 N–H and O–H groups in total. The lowest BCUT2D eigenvalue weighted by molar-refractivity contribution is -0.122. The van der Waals surface area contributed by atoms with Gasteiger partial charge in [-0.25, -0.2) is 0 Å². The largest absolute Gasteiger partial charge is 0.479 e. The van der Waals surface area contributed by atoms with Crippen LogP contribution in [0.5, 0.6) is 5.75 Å². The van der Waals surface area contributed by atoms with Crippen molar-refractivity contribution < 1.29 is 9.53 Å². The minimum Gasteiger partial charge on any atom is -0.479 e. The van der Waals surface area contributed by atoms with E-state index in [0.717, 1.165) is 5.56 Å². The fraction of sp³-hybridized carbons (Fsp3) is 0.188. The smallest absolute Gasteiger partial charge is 0.265 e. The van der Waals surface area contributed by atoms with Crippen molar-refractivity contribution in [1.29, 1.82) is 0 Å². The Morgan fingerprint density at radius 2 is 1.90 bits per heavy atom. The molecule has 0 radical (unpaired) electrons. The van der Waals surface area contributed by atoms with Gasteiger partial charge in [0.25, 0.3) is 5.91 Å². The van der Waals surface area contributed by atoms with Crippen molar-refractivity contribution in [3.8, 4) is 5.75 Å². The van der Waals surface area contributed by atoms with Gasteiger partial charge in [0.05, 0.1) is 5.02 Å². The summed E-state index contributed by atoms with van der Waals surface area (Å²) in [5, 5.41) is 3.91. The van der Waals surface area contributed by atoms with Gasteiger partial charge in [-0.1, -0.05) is 35.3 Å². The first-order chi connectivity index (χ1) is 9.97. The number of ether oxygens (including phenoxy) is 1. The van der Waals surface area contributed by atoms with Crippen molar-refractivity contribution in [2.45, 2.75) is 20.0 Å². The molecule has 21 heavy (non-hydrogen) atoms. The van der Waals surface area contributed by atoms with Crippen LogP contribution in [-0.4, -0.2) is 12.0 Å². The Morgan fingerprint density at radius 1 is 1.19 bits per heavy atom. The molecule has 0 saturated heterocycles. The average Bonchev–Trinajstić information content (AvgIpc) is 2.44. The van der Waals surface area contributed by atoms with Gasteiger partial charge in [0.1, 0.15) is 5.75 Å². The predicted molar refractivity (Wildman–Crippen MR) is 86.4 cm³/mol. The third kappa shape index (κ3) is 4.13. The topological polar surface area (TPSA) is 38.3 Å². The zero-order valence-electron chi connectivity index (χ0n) is 11.7. The van der Waals surface area contributed by atoms with Crippen molar-refractivity contribution >= 4 is 34.8 Å². The maximum Gasteiger partial charge on any atom is 0.265 e. The van der Waals surface area contributed by atoms with E-state index in [-0.39, 0.29) is 5.91 Å². The highest BCUT2D eigenvalue weighted by molar-refractivity contribution is 6.32. The number of benzene rings is 2. The molecule has 110 valence electrons. The minimum atomic E-state index is -0.667. The number of rotatable bonds is 4. The molecule has 0 fully saturated rings. The lowest BCUT2D eigenvalue weighted by Crippen LogP contribution is -2.30. The van der Waals surface area contributed by atoms with E-state index in [0.29, 0.717) is 21.5 Å². The van der Waals surface area contributed by atoms with Gasteiger partial charge < -0.3 is 10.1 Å². The molecule has 2 rings (SSSR count). The Morgan fingerprint density at radius 3 is 2.57 bits per heavy atom. The van der Waals surface area contributed by atoms with E-state index in [1.807, 2.05) is 6.92 Å². The Balaban J connectivity index is 2.04. The molecule has 0 bridgehead atoms. The van der Waals surface area contributed by atoms with Crippen molar-refractivity contribution in [1.82, 2.24) is 0 Å². The van der Waals surface area contributed by atoms with Crippen molar-refractivity contribution in [3.05, 3.63) is 58.1 Å². The summed E-state index contributed by atoms with van der Waals surface area (Å²) < 4.78 is 5.57. The first kappa shape index (κ1) is 15.7. The van der Waals surface area contributed by atoms with Gasteiger partial charge in [0.15, 0.2) is 6.10 Å². The summed E-state index contributed by atoms with van der Waals surface area (Å²) in [7, 11) is 0. The van der Waals surface area contributed by atoms with Crippen LogP contribution in [0, 0.1) is 6.92 Å². The summed E-state index contributed by atoms with van der Waals surface area (Å²) in [6.45, 7) is 3.55. The summed E-state index contributed by atoms with van der Waals surface area (Å²) in [6, 6.07) is 12.3. The summed E-state index contributed by atoms with van der Waals surface area (Å²) >= 11 is 11.9. The quantitative estimate of drug-likeness (QED) is 0.885. The van der Waals surface area contributed by atoms with Gasteiger partial charge in [0.2, 0.25) is 0 Å². The number of aryl methyl sites for hydroxylation is 1. The lowest BCUT2D eigenvalue weighted by Gasteiger charge is -2.16. The zero-order chi connectivity index (χ0) is 15.4. The van der Waals surface area contributed by atoms with Crippen LogP contribution in [0.3, 0.4) is 0 Å². The lowest BCUT2D eigenvalue weighted by atomic mass is 10.2.